The van der Waals surface area contributed by atoms with Gasteiger partial charge in [0.05, 0.1) is 0 Å². The SMILES string of the molecule is Cc1cccc(COc2cccc(C(=O)NCc3ccc(-n4ccnc4)nc3)c2)c1. The van der Waals surface area contributed by atoms with Gasteiger partial charge in [0.15, 0.2) is 0 Å². The summed E-state index contributed by atoms with van der Waals surface area (Å²) in [4.78, 5) is 21.0. The standard InChI is InChI=1S/C24H22N4O2/c1-18-4-2-5-19(12-18)16-30-22-7-3-6-21(13-22)24(29)27-15-20-8-9-23(26-14-20)28-11-10-25-17-28/h2-14,17H,15-16H2,1H3,(H,27,29). The molecule has 1 amide bonds. The number of imidazole rings is 1. The molecule has 0 bridgehead atoms. The number of benzene rings is 2. The zero-order valence-corrected chi connectivity index (χ0v) is 16.7. The van der Waals surface area contributed by atoms with Crippen molar-refractivity contribution in [1.29, 1.82) is 0 Å². The molecule has 0 radical (unpaired) electrons. The quantitative estimate of drug-likeness (QED) is 0.509. The third kappa shape index (κ3) is 4.91. The second-order valence-corrected chi connectivity index (χ2v) is 6.98. The first-order valence-corrected chi connectivity index (χ1v) is 9.67. The van der Waals surface area contributed by atoms with Crippen molar-refractivity contribution in [2.24, 2.45) is 0 Å². The van der Waals surface area contributed by atoms with Gasteiger partial charge in [0.1, 0.15) is 24.5 Å². The zero-order valence-electron chi connectivity index (χ0n) is 16.7. The lowest BCUT2D eigenvalue weighted by molar-refractivity contribution is 0.0950. The van der Waals surface area contributed by atoms with E-state index < -0.39 is 0 Å². The number of carbonyl (C=O) groups excluding carboxylic acids is 1. The van der Waals surface area contributed by atoms with Gasteiger partial charge in [0.25, 0.3) is 5.91 Å². The van der Waals surface area contributed by atoms with Crippen LogP contribution in [0.2, 0.25) is 0 Å². The molecule has 150 valence electrons. The van der Waals surface area contributed by atoms with Crippen LogP contribution in [0.4, 0.5) is 0 Å². The van der Waals surface area contributed by atoms with Crippen LogP contribution in [0.3, 0.4) is 0 Å². The minimum absolute atomic E-state index is 0.158. The highest BCUT2D eigenvalue weighted by Crippen LogP contribution is 2.16. The lowest BCUT2D eigenvalue weighted by atomic mass is 10.1. The third-order valence-corrected chi connectivity index (χ3v) is 4.62. The molecule has 0 aliphatic rings. The number of nitrogens with one attached hydrogen (secondary N) is 1. The minimum Gasteiger partial charge on any atom is -0.489 e. The average Bonchev–Trinajstić information content (AvgIpc) is 3.32. The topological polar surface area (TPSA) is 69.0 Å². The van der Waals surface area contributed by atoms with E-state index in [9.17, 15) is 4.79 Å². The summed E-state index contributed by atoms with van der Waals surface area (Å²) < 4.78 is 7.68. The molecule has 6 heteroatoms. The van der Waals surface area contributed by atoms with E-state index in [1.54, 1.807) is 30.9 Å². The summed E-state index contributed by atoms with van der Waals surface area (Å²) in [7, 11) is 0. The normalized spacial score (nSPS) is 10.6. The first-order chi connectivity index (χ1) is 14.7. The van der Waals surface area contributed by atoms with Crippen molar-refractivity contribution in [1.82, 2.24) is 19.9 Å². The van der Waals surface area contributed by atoms with E-state index in [0.717, 1.165) is 16.9 Å². The molecule has 30 heavy (non-hydrogen) atoms. The smallest absolute Gasteiger partial charge is 0.251 e. The Hall–Kier alpha value is -3.93. The molecule has 4 rings (SSSR count). The van der Waals surface area contributed by atoms with Gasteiger partial charge in [-0.15, -0.1) is 0 Å². The first-order valence-electron chi connectivity index (χ1n) is 9.67. The van der Waals surface area contributed by atoms with Crippen molar-refractivity contribution >= 4 is 5.91 Å². The Balaban J connectivity index is 1.34. The van der Waals surface area contributed by atoms with Gasteiger partial charge in [-0.2, -0.15) is 0 Å². The molecule has 0 fully saturated rings. The van der Waals surface area contributed by atoms with Gasteiger partial charge in [-0.05, 0) is 42.3 Å². The van der Waals surface area contributed by atoms with Crippen LogP contribution in [0.5, 0.6) is 5.75 Å². The Bertz CT molecular complexity index is 1120. The Labute approximate surface area is 175 Å². The van der Waals surface area contributed by atoms with E-state index in [2.05, 4.69) is 34.3 Å². The number of carbonyl (C=O) groups is 1. The predicted octanol–water partition coefficient (Wildman–Crippen LogP) is 4.08. The molecular formula is C24H22N4O2. The van der Waals surface area contributed by atoms with E-state index in [0.29, 0.717) is 24.5 Å². The summed E-state index contributed by atoms with van der Waals surface area (Å²) in [6.07, 6.45) is 6.97. The molecule has 4 aromatic rings. The van der Waals surface area contributed by atoms with Gasteiger partial charge >= 0.3 is 0 Å². The largest absolute Gasteiger partial charge is 0.489 e. The Morgan fingerprint density at radius 2 is 1.97 bits per heavy atom. The van der Waals surface area contributed by atoms with Crippen LogP contribution in [-0.4, -0.2) is 20.4 Å². The minimum atomic E-state index is -0.158. The summed E-state index contributed by atoms with van der Waals surface area (Å²) in [6, 6.07) is 19.2. The molecule has 6 nitrogen and oxygen atoms in total. The first kappa shape index (κ1) is 19.4. The molecule has 2 aromatic carbocycles. The monoisotopic (exact) mass is 398 g/mol. The van der Waals surface area contributed by atoms with Crippen molar-refractivity contribution in [2.45, 2.75) is 20.1 Å². The molecule has 0 saturated heterocycles. The molecule has 2 aromatic heterocycles. The molecule has 0 atom stereocenters. The van der Waals surface area contributed by atoms with E-state index in [1.165, 1.54) is 5.56 Å². The molecule has 0 saturated carbocycles. The fourth-order valence-electron chi connectivity index (χ4n) is 3.05. The van der Waals surface area contributed by atoms with E-state index in [1.807, 2.05) is 47.2 Å². The highest BCUT2D eigenvalue weighted by Gasteiger charge is 2.07. The maximum atomic E-state index is 12.5. The number of pyridine rings is 1. The summed E-state index contributed by atoms with van der Waals surface area (Å²) in [5, 5.41) is 2.92. The third-order valence-electron chi connectivity index (χ3n) is 4.62. The van der Waals surface area contributed by atoms with Gasteiger partial charge in [-0.25, -0.2) is 9.97 Å². The number of rotatable bonds is 7. The van der Waals surface area contributed by atoms with Crippen LogP contribution < -0.4 is 10.1 Å². The number of hydrogen-bond donors (Lipinski definition) is 1. The second kappa shape index (κ2) is 9.05. The maximum absolute atomic E-state index is 12.5. The maximum Gasteiger partial charge on any atom is 0.251 e. The Kier molecular flexibility index (Phi) is 5.85. The summed E-state index contributed by atoms with van der Waals surface area (Å²) >= 11 is 0. The summed E-state index contributed by atoms with van der Waals surface area (Å²) in [5.41, 5.74) is 3.76. The molecule has 1 N–H and O–H groups in total. The highest BCUT2D eigenvalue weighted by atomic mass is 16.5. The van der Waals surface area contributed by atoms with Crippen LogP contribution in [0, 0.1) is 6.92 Å². The summed E-state index contributed by atoms with van der Waals surface area (Å²) in [6.45, 7) is 2.90. The molecule has 0 aliphatic heterocycles. The zero-order chi connectivity index (χ0) is 20.8. The summed E-state index contributed by atoms with van der Waals surface area (Å²) in [5.74, 6) is 1.28. The van der Waals surface area contributed by atoms with Gasteiger partial charge in [0, 0.05) is 30.7 Å². The molecular weight excluding hydrogens is 376 g/mol. The number of ether oxygens (including phenoxy) is 1. The van der Waals surface area contributed by atoms with Crippen LogP contribution >= 0.6 is 0 Å². The average molecular weight is 398 g/mol. The Morgan fingerprint density at radius 3 is 2.73 bits per heavy atom. The van der Waals surface area contributed by atoms with Gasteiger partial charge in [-0.1, -0.05) is 42.0 Å². The highest BCUT2D eigenvalue weighted by molar-refractivity contribution is 5.94. The van der Waals surface area contributed by atoms with E-state index in [4.69, 9.17) is 4.74 Å². The van der Waals surface area contributed by atoms with Crippen LogP contribution in [0.1, 0.15) is 27.0 Å². The lowest BCUT2D eigenvalue weighted by Gasteiger charge is -2.10. The number of aromatic nitrogens is 3. The van der Waals surface area contributed by atoms with E-state index >= 15 is 0 Å². The van der Waals surface area contributed by atoms with Crippen molar-refractivity contribution in [2.75, 3.05) is 0 Å². The van der Waals surface area contributed by atoms with Crippen LogP contribution in [0.15, 0.2) is 85.6 Å². The molecule has 0 spiro atoms. The second-order valence-electron chi connectivity index (χ2n) is 6.98. The predicted molar refractivity (Wildman–Crippen MR) is 114 cm³/mol. The van der Waals surface area contributed by atoms with Gasteiger partial charge in [-0.3, -0.25) is 9.36 Å². The van der Waals surface area contributed by atoms with Gasteiger partial charge < -0.3 is 10.1 Å². The van der Waals surface area contributed by atoms with E-state index in [-0.39, 0.29) is 5.91 Å². The number of amides is 1. The molecule has 0 unspecified atom stereocenters. The van der Waals surface area contributed by atoms with Crippen molar-refractivity contribution in [3.05, 3.63) is 108 Å². The fourth-order valence-corrected chi connectivity index (χ4v) is 3.05. The fraction of sp³-hybridized carbons (Fsp3) is 0.125. The van der Waals surface area contributed by atoms with Crippen molar-refractivity contribution in [3.63, 3.8) is 0 Å². The van der Waals surface area contributed by atoms with Crippen LogP contribution in [-0.2, 0) is 13.2 Å². The Morgan fingerprint density at radius 1 is 1.07 bits per heavy atom. The van der Waals surface area contributed by atoms with Crippen molar-refractivity contribution in [3.8, 4) is 11.6 Å². The van der Waals surface area contributed by atoms with Crippen LogP contribution in [0.25, 0.3) is 5.82 Å². The molecule has 0 aliphatic carbocycles. The number of hydrogen-bond acceptors (Lipinski definition) is 4. The van der Waals surface area contributed by atoms with Crippen molar-refractivity contribution < 1.29 is 9.53 Å². The number of nitrogens with zero attached hydrogens (tertiary/aromatic N) is 3. The van der Waals surface area contributed by atoms with Gasteiger partial charge in [0.2, 0.25) is 0 Å². The molecule has 2 heterocycles. The lowest BCUT2D eigenvalue weighted by Crippen LogP contribution is -2.22. The number of aryl methyl sites for hydroxylation is 1.